The summed E-state index contributed by atoms with van der Waals surface area (Å²) < 4.78 is 8.35. The van der Waals surface area contributed by atoms with E-state index in [-0.39, 0.29) is 6.04 Å². The maximum atomic E-state index is 6.11. The molecular weight excluding hydrogens is 328 g/mol. The molecule has 4 heterocycles. The number of hydrogen-bond acceptors (Lipinski definition) is 6. The minimum absolute atomic E-state index is 0.0649. The van der Waals surface area contributed by atoms with Gasteiger partial charge >= 0.3 is 0 Å². The zero-order valence-corrected chi connectivity index (χ0v) is 15.0. The molecule has 5 rings (SSSR count). The van der Waals surface area contributed by atoms with Gasteiger partial charge in [-0.2, -0.15) is 0 Å². The van der Waals surface area contributed by atoms with E-state index < -0.39 is 0 Å². The second-order valence-electron chi connectivity index (χ2n) is 7.07. The van der Waals surface area contributed by atoms with E-state index in [0.29, 0.717) is 5.92 Å². The highest BCUT2D eigenvalue weighted by Gasteiger charge is 2.31. The third kappa shape index (κ3) is 2.06. The number of furan rings is 1. The van der Waals surface area contributed by atoms with Gasteiger partial charge in [0, 0.05) is 24.4 Å². The molecule has 3 aromatic heterocycles. The number of para-hydroxylation sites is 1. The molecular formula is C19H20N6O. The summed E-state index contributed by atoms with van der Waals surface area (Å²) in [5.41, 5.74) is 2.42. The first kappa shape index (κ1) is 15.3. The molecule has 0 radical (unpaired) electrons. The molecule has 1 aliphatic rings. The summed E-state index contributed by atoms with van der Waals surface area (Å²) in [7, 11) is 0. The van der Waals surface area contributed by atoms with E-state index in [0.717, 1.165) is 52.6 Å². The fraction of sp³-hybridized carbons (Fsp3) is 0.368. The van der Waals surface area contributed by atoms with Crippen molar-refractivity contribution in [3.63, 3.8) is 0 Å². The zero-order chi connectivity index (χ0) is 17.8. The van der Waals surface area contributed by atoms with Gasteiger partial charge < -0.3 is 13.9 Å². The highest BCUT2D eigenvalue weighted by molar-refractivity contribution is 6.05. The van der Waals surface area contributed by atoms with Gasteiger partial charge in [0.05, 0.1) is 6.04 Å². The number of anilines is 1. The average molecular weight is 348 g/mol. The number of fused-ring (bicyclic) bond motifs is 4. The minimum Gasteiger partial charge on any atom is -0.450 e. The Hall–Kier alpha value is -2.96. The van der Waals surface area contributed by atoms with Crippen LogP contribution in [0.25, 0.3) is 22.1 Å². The van der Waals surface area contributed by atoms with Crippen molar-refractivity contribution in [1.82, 2.24) is 24.7 Å². The Morgan fingerprint density at radius 3 is 2.81 bits per heavy atom. The van der Waals surface area contributed by atoms with Gasteiger partial charge in [0.1, 0.15) is 23.3 Å². The van der Waals surface area contributed by atoms with E-state index in [9.17, 15) is 0 Å². The summed E-state index contributed by atoms with van der Waals surface area (Å²) in [4.78, 5) is 11.2. The lowest BCUT2D eigenvalue weighted by Crippen LogP contribution is -2.38. The lowest BCUT2D eigenvalue weighted by atomic mass is 10.1. The van der Waals surface area contributed by atoms with Crippen molar-refractivity contribution in [2.24, 2.45) is 0 Å². The Labute approximate surface area is 150 Å². The highest BCUT2D eigenvalue weighted by Crippen LogP contribution is 2.36. The summed E-state index contributed by atoms with van der Waals surface area (Å²) >= 11 is 0. The van der Waals surface area contributed by atoms with Crippen molar-refractivity contribution in [2.75, 3.05) is 11.4 Å². The molecule has 1 aliphatic heterocycles. The van der Waals surface area contributed by atoms with Gasteiger partial charge in [0.15, 0.2) is 17.2 Å². The van der Waals surface area contributed by atoms with Crippen molar-refractivity contribution in [3.8, 4) is 0 Å². The quantitative estimate of drug-likeness (QED) is 0.550. The van der Waals surface area contributed by atoms with Crippen LogP contribution >= 0.6 is 0 Å². The third-order valence-corrected chi connectivity index (χ3v) is 5.14. The molecule has 0 amide bonds. The molecule has 0 aliphatic carbocycles. The predicted molar refractivity (Wildman–Crippen MR) is 99.2 cm³/mol. The Balaban J connectivity index is 1.64. The van der Waals surface area contributed by atoms with Crippen LogP contribution in [-0.2, 0) is 6.54 Å². The van der Waals surface area contributed by atoms with Crippen molar-refractivity contribution >= 4 is 27.9 Å². The van der Waals surface area contributed by atoms with Crippen molar-refractivity contribution < 1.29 is 4.42 Å². The van der Waals surface area contributed by atoms with Gasteiger partial charge in [0.25, 0.3) is 0 Å². The molecule has 7 heteroatoms. The molecule has 7 nitrogen and oxygen atoms in total. The molecule has 0 spiro atoms. The van der Waals surface area contributed by atoms with Gasteiger partial charge in [-0.25, -0.2) is 9.97 Å². The minimum atomic E-state index is 0.0649. The van der Waals surface area contributed by atoms with E-state index in [2.05, 4.69) is 50.4 Å². The molecule has 0 fully saturated rings. The van der Waals surface area contributed by atoms with E-state index in [4.69, 9.17) is 4.42 Å². The highest BCUT2D eigenvalue weighted by atomic mass is 16.3. The fourth-order valence-corrected chi connectivity index (χ4v) is 3.84. The lowest BCUT2D eigenvalue weighted by Gasteiger charge is -2.34. The Morgan fingerprint density at radius 1 is 1.12 bits per heavy atom. The predicted octanol–water partition coefficient (Wildman–Crippen LogP) is 3.67. The number of aromatic nitrogens is 5. The van der Waals surface area contributed by atoms with Crippen LogP contribution < -0.4 is 4.90 Å². The zero-order valence-electron chi connectivity index (χ0n) is 15.0. The molecule has 0 N–H and O–H groups in total. The molecule has 0 unspecified atom stereocenters. The second-order valence-corrected chi connectivity index (χ2v) is 7.07. The Kier molecular flexibility index (Phi) is 3.25. The summed E-state index contributed by atoms with van der Waals surface area (Å²) in [5.74, 6) is 3.20. The molecule has 0 bridgehead atoms. The summed E-state index contributed by atoms with van der Waals surface area (Å²) in [6, 6.07) is 8.03. The summed E-state index contributed by atoms with van der Waals surface area (Å²) in [6.45, 7) is 8.11. The first-order valence-corrected chi connectivity index (χ1v) is 8.97. The van der Waals surface area contributed by atoms with Crippen LogP contribution in [0.3, 0.4) is 0 Å². The molecule has 132 valence electrons. The summed E-state index contributed by atoms with van der Waals surface area (Å²) in [6.07, 6.45) is 1.62. The van der Waals surface area contributed by atoms with Crippen molar-refractivity contribution in [2.45, 2.75) is 39.3 Å². The topological polar surface area (TPSA) is 72.9 Å². The maximum absolute atomic E-state index is 6.11. The number of hydrogen-bond donors (Lipinski definition) is 0. The van der Waals surface area contributed by atoms with Crippen LogP contribution in [0.2, 0.25) is 0 Å². The van der Waals surface area contributed by atoms with Crippen LogP contribution in [0, 0.1) is 0 Å². The van der Waals surface area contributed by atoms with Crippen LogP contribution in [0.4, 0.5) is 5.82 Å². The smallest absolute Gasteiger partial charge is 0.196 e. The van der Waals surface area contributed by atoms with Gasteiger partial charge in [-0.3, -0.25) is 0 Å². The first-order valence-electron chi connectivity index (χ1n) is 8.97. The van der Waals surface area contributed by atoms with Crippen LogP contribution in [0.15, 0.2) is 35.0 Å². The average Bonchev–Trinajstić information content (AvgIpc) is 3.24. The van der Waals surface area contributed by atoms with E-state index in [1.54, 1.807) is 6.33 Å². The van der Waals surface area contributed by atoms with Crippen LogP contribution in [0.5, 0.6) is 0 Å². The number of nitrogens with zero attached hydrogens (tertiary/aromatic N) is 6. The number of rotatable bonds is 2. The normalized spacial score (nSPS) is 17.4. The van der Waals surface area contributed by atoms with Gasteiger partial charge in [0.2, 0.25) is 0 Å². The monoisotopic (exact) mass is 348 g/mol. The SMILES string of the molecule is CC(C)c1nnc2n1CCN(c1ncnc3c1oc1ccccc13)[C@@H]2C. The Morgan fingerprint density at radius 2 is 1.96 bits per heavy atom. The maximum Gasteiger partial charge on any atom is 0.196 e. The van der Waals surface area contributed by atoms with E-state index in [1.807, 2.05) is 24.3 Å². The molecule has 0 saturated carbocycles. The third-order valence-electron chi connectivity index (χ3n) is 5.14. The number of benzene rings is 1. The molecule has 1 aromatic carbocycles. The first-order chi connectivity index (χ1) is 12.6. The molecule has 26 heavy (non-hydrogen) atoms. The van der Waals surface area contributed by atoms with Crippen molar-refractivity contribution in [3.05, 3.63) is 42.2 Å². The summed E-state index contributed by atoms with van der Waals surface area (Å²) in [5, 5.41) is 9.87. The van der Waals surface area contributed by atoms with E-state index >= 15 is 0 Å². The van der Waals surface area contributed by atoms with Gasteiger partial charge in [-0.15, -0.1) is 10.2 Å². The fourth-order valence-electron chi connectivity index (χ4n) is 3.84. The van der Waals surface area contributed by atoms with Crippen molar-refractivity contribution in [1.29, 1.82) is 0 Å². The lowest BCUT2D eigenvalue weighted by molar-refractivity contribution is 0.475. The molecule has 0 saturated heterocycles. The standard InChI is InChI=1S/C19H20N6O/c1-11(2)17-22-23-18-12(3)24(8-9-25(17)18)19-16-15(20-10-21-19)13-6-4-5-7-14(13)26-16/h4-7,10-12H,8-9H2,1-3H3/t12-/m1/s1. The van der Waals surface area contributed by atoms with Gasteiger partial charge in [-0.1, -0.05) is 26.0 Å². The van der Waals surface area contributed by atoms with Crippen LogP contribution in [-0.4, -0.2) is 31.3 Å². The van der Waals surface area contributed by atoms with Gasteiger partial charge in [-0.05, 0) is 19.1 Å². The Bertz CT molecular complexity index is 1110. The van der Waals surface area contributed by atoms with E-state index in [1.165, 1.54) is 0 Å². The molecule has 1 atom stereocenters. The molecule has 4 aromatic rings. The largest absolute Gasteiger partial charge is 0.450 e. The second kappa shape index (κ2) is 5.52. The van der Waals surface area contributed by atoms with Crippen LogP contribution in [0.1, 0.15) is 44.4 Å².